The number of ether oxygens (including phenoxy) is 1. The number of hydrogen-bond acceptors (Lipinski definition) is 7. The zero-order valence-corrected chi connectivity index (χ0v) is 20.6. The molecule has 8 heteroatoms. The van der Waals surface area contributed by atoms with Crippen molar-refractivity contribution in [1.29, 1.82) is 0 Å². The number of carbonyl (C=O) groups excluding carboxylic acids is 3. The first kappa shape index (κ1) is 23.4. The molecule has 180 valence electrons. The van der Waals surface area contributed by atoms with Crippen LogP contribution >= 0.6 is 11.3 Å². The van der Waals surface area contributed by atoms with Crippen LogP contribution in [-0.4, -0.2) is 34.9 Å². The Morgan fingerprint density at radius 1 is 1.00 bits per heavy atom. The quantitative estimate of drug-likeness (QED) is 0.177. The third kappa shape index (κ3) is 3.85. The zero-order chi connectivity index (χ0) is 25.6. The van der Waals surface area contributed by atoms with Crippen molar-refractivity contribution in [2.24, 2.45) is 0 Å². The highest BCUT2D eigenvalue weighted by Crippen LogP contribution is 2.44. The van der Waals surface area contributed by atoms with E-state index < -0.39 is 23.7 Å². The van der Waals surface area contributed by atoms with Crippen molar-refractivity contribution in [2.45, 2.75) is 19.9 Å². The van der Waals surface area contributed by atoms with Gasteiger partial charge >= 0.3 is 11.9 Å². The lowest BCUT2D eigenvalue weighted by Gasteiger charge is -2.23. The molecule has 7 nitrogen and oxygen atoms in total. The highest BCUT2D eigenvalue weighted by atomic mass is 32.1. The molecule has 0 radical (unpaired) electrons. The lowest BCUT2D eigenvalue weighted by molar-refractivity contribution is -0.132. The van der Waals surface area contributed by atoms with Crippen molar-refractivity contribution in [3.05, 3.63) is 100 Å². The lowest BCUT2D eigenvalue weighted by Crippen LogP contribution is -2.29. The number of aliphatic hydroxyl groups is 1. The second-order valence-electron chi connectivity index (χ2n) is 8.57. The Balaban J connectivity index is 1.72. The summed E-state index contributed by atoms with van der Waals surface area (Å²) < 4.78 is 5.68. The molecule has 0 aliphatic carbocycles. The predicted molar refractivity (Wildman–Crippen MR) is 138 cm³/mol. The van der Waals surface area contributed by atoms with Crippen LogP contribution in [0.2, 0.25) is 0 Å². The Labute approximate surface area is 211 Å². The molecule has 4 aromatic rings. The molecule has 36 heavy (non-hydrogen) atoms. The van der Waals surface area contributed by atoms with Gasteiger partial charge in [0.1, 0.15) is 5.76 Å². The Bertz CT molecular complexity index is 1550. The summed E-state index contributed by atoms with van der Waals surface area (Å²) >= 11 is 1.31. The average Bonchev–Trinajstić information content (AvgIpc) is 3.42. The molecule has 1 atom stereocenters. The van der Waals surface area contributed by atoms with Gasteiger partial charge in [-0.2, -0.15) is 0 Å². The van der Waals surface area contributed by atoms with Gasteiger partial charge in [0.2, 0.25) is 0 Å². The molecule has 1 aromatic heterocycles. The van der Waals surface area contributed by atoms with E-state index in [4.69, 9.17) is 9.72 Å². The smallest absolute Gasteiger partial charge is 0.337 e. The van der Waals surface area contributed by atoms with Crippen molar-refractivity contribution in [2.75, 3.05) is 12.0 Å². The van der Waals surface area contributed by atoms with Gasteiger partial charge in [0.15, 0.2) is 5.13 Å². The van der Waals surface area contributed by atoms with Gasteiger partial charge in [-0.15, -0.1) is 0 Å². The summed E-state index contributed by atoms with van der Waals surface area (Å²) in [6, 6.07) is 18.1. The van der Waals surface area contributed by atoms with Gasteiger partial charge in [-0.05, 0) is 48.7 Å². The van der Waals surface area contributed by atoms with Crippen LogP contribution in [0.4, 0.5) is 5.13 Å². The van der Waals surface area contributed by atoms with Crippen LogP contribution in [-0.2, 0) is 14.3 Å². The molecular formula is C28H22N2O5S. The van der Waals surface area contributed by atoms with Crippen LogP contribution in [0.1, 0.15) is 38.7 Å². The van der Waals surface area contributed by atoms with Crippen LogP contribution in [0, 0.1) is 13.8 Å². The number of aromatic nitrogens is 1. The molecule has 1 fully saturated rings. The first-order valence-electron chi connectivity index (χ1n) is 11.2. The van der Waals surface area contributed by atoms with Crippen LogP contribution in [0.15, 0.2) is 72.3 Å². The summed E-state index contributed by atoms with van der Waals surface area (Å²) in [5.41, 5.74) is 4.04. The SMILES string of the molecule is COC(=O)c1ccc([C@H]2/C(=C(\O)c3ccccc3)C(=O)C(=O)N2c2nc3c(C)cc(C)cc3s2)cc1. The van der Waals surface area contributed by atoms with Crippen molar-refractivity contribution in [3.63, 3.8) is 0 Å². The summed E-state index contributed by atoms with van der Waals surface area (Å²) in [7, 11) is 1.29. The van der Waals surface area contributed by atoms with Gasteiger partial charge in [-0.1, -0.05) is 59.9 Å². The number of Topliss-reactive ketones (excluding diaryl/α,β-unsaturated/α-hetero) is 1. The summed E-state index contributed by atoms with van der Waals surface area (Å²) in [5.74, 6) is -2.35. The minimum absolute atomic E-state index is 0.0378. The number of ketones is 1. The number of hydrogen-bond donors (Lipinski definition) is 1. The Kier molecular flexibility index (Phi) is 5.89. The number of aliphatic hydroxyl groups excluding tert-OH is 1. The Morgan fingerprint density at radius 3 is 2.36 bits per heavy atom. The van der Waals surface area contributed by atoms with Crippen LogP contribution in [0.5, 0.6) is 0 Å². The number of methoxy groups -OCH3 is 1. The number of anilines is 1. The van der Waals surface area contributed by atoms with Crippen LogP contribution in [0.25, 0.3) is 16.0 Å². The number of aryl methyl sites for hydroxylation is 2. The standard InChI is InChI=1S/C28H22N2O5S/c1-15-13-16(2)22-20(14-15)36-28(29-22)30-23(17-9-11-19(12-10-17)27(34)35-3)21(25(32)26(30)33)24(31)18-7-5-4-6-8-18/h4-14,23,31H,1-3H3/b24-21+/t23-/m0/s1. The summed E-state index contributed by atoms with van der Waals surface area (Å²) in [4.78, 5) is 44.8. The van der Waals surface area contributed by atoms with E-state index in [1.54, 1.807) is 54.6 Å². The Morgan fingerprint density at radius 2 is 1.69 bits per heavy atom. The fourth-order valence-electron chi connectivity index (χ4n) is 4.48. The molecular weight excluding hydrogens is 476 g/mol. The molecule has 0 saturated carbocycles. The number of amides is 1. The van der Waals surface area contributed by atoms with E-state index >= 15 is 0 Å². The van der Waals surface area contributed by atoms with Crippen molar-refractivity contribution in [3.8, 4) is 0 Å². The summed E-state index contributed by atoms with van der Waals surface area (Å²) in [5, 5.41) is 11.6. The van der Waals surface area contributed by atoms with Crippen LogP contribution < -0.4 is 4.90 Å². The highest BCUT2D eigenvalue weighted by Gasteiger charge is 2.48. The third-order valence-electron chi connectivity index (χ3n) is 6.16. The molecule has 0 unspecified atom stereocenters. The second kappa shape index (κ2) is 9.05. The van der Waals surface area contributed by atoms with Gasteiger partial charge in [0.05, 0.1) is 34.5 Å². The largest absolute Gasteiger partial charge is 0.507 e. The predicted octanol–water partition coefficient (Wildman–Crippen LogP) is 5.33. The van der Waals surface area contributed by atoms with Crippen molar-refractivity contribution < 1.29 is 24.2 Å². The monoisotopic (exact) mass is 498 g/mol. The number of fused-ring (bicyclic) bond motifs is 1. The first-order chi connectivity index (χ1) is 17.3. The maximum Gasteiger partial charge on any atom is 0.337 e. The topological polar surface area (TPSA) is 96.8 Å². The zero-order valence-electron chi connectivity index (χ0n) is 19.8. The molecule has 1 saturated heterocycles. The lowest BCUT2D eigenvalue weighted by atomic mass is 9.95. The van der Waals surface area contributed by atoms with E-state index in [1.807, 2.05) is 26.0 Å². The number of thiazole rings is 1. The van der Waals surface area contributed by atoms with E-state index in [0.717, 1.165) is 21.3 Å². The van der Waals surface area contributed by atoms with Crippen molar-refractivity contribution >= 4 is 50.1 Å². The van der Waals surface area contributed by atoms with Crippen molar-refractivity contribution in [1.82, 2.24) is 4.98 Å². The normalized spacial score (nSPS) is 17.1. The first-order valence-corrected chi connectivity index (χ1v) is 12.0. The fourth-order valence-corrected chi connectivity index (χ4v) is 5.65. The molecule has 1 aliphatic heterocycles. The molecule has 1 aliphatic rings. The van der Waals surface area contributed by atoms with E-state index in [2.05, 4.69) is 0 Å². The number of nitrogens with zero attached hydrogens (tertiary/aromatic N) is 2. The second-order valence-corrected chi connectivity index (χ2v) is 9.58. The van der Waals surface area contributed by atoms with E-state index in [0.29, 0.717) is 21.8 Å². The minimum atomic E-state index is -0.932. The minimum Gasteiger partial charge on any atom is -0.507 e. The molecule has 3 aromatic carbocycles. The molecule has 2 heterocycles. The fraction of sp³-hybridized carbons (Fsp3) is 0.143. The maximum atomic E-state index is 13.4. The summed E-state index contributed by atoms with van der Waals surface area (Å²) in [6.45, 7) is 3.94. The maximum absolute atomic E-state index is 13.4. The van der Waals surface area contributed by atoms with E-state index in [9.17, 15) is 19.5 Å². The summed E-state index contributed by atoms with van der Waals surface area (Å²) in [6.07, 6.45) is 0. The molecule has 0 bridgehead atoms. The average molecular weight is 499 g/mol. The molecule has 0 spiro atoms. The molecule has 1 amide bonds. The third-order valence-corrected chi connectivity index (χ3v) is 7.17. The van der Waals surface area contributed by atoms with E-state index in [1.165, 1.54) is 23.3 Å². The van der Waals surface area contributed by atoms with Gasteiger partial charge in [-0.25, -0.2) is 9.78 Å². The van der Waals surface area contributed by atoms with Gasteiger partial charge in [-0.3, -0.25) is 14.5 Å². The molecule has 1 N–H and O–H groups in total. The van der Waals surface area contributed by atoms with Gasteiger partial charge in [0.25, 0.3) is 5.78 Å². The van der Waals surface area contributed by atoms with E-state index in [-0.39, 0.29) is 11.3 Å². The van der Waals surface area contributed by atoms with Gasteiger partial charge < -0.3 is 9.84 Å². The van der Waals surface area contributed by atoms with Crippen LogP contribution in [0.3, 0.4) is 0 Å². The number of benzene rings is 3. The van der Waals surface area contributed by atoms with Gasteiger partial charge in [0, 0.05) is 5.56 Å². The highest BCUT2D eigenvalue weighted by molar-refractivity contribution is 7.22. The number of carbonyl (C=O) groups is 3. The molecule has 5 rings (SSSR count). The number of esters is 1. The Hall–Kier alpha value is -4.30. The number of rotatable bonds is 4.